The first-order valence-corrected chi connectivity index (χ1v) is 11.1. The Balaban J connectivity index is 1.77. The minimum atomic E-state index is -0.693. The van der Waals surface area contributed by atoms with Crippen LogP contribution in [0.4, 0.5) is 20.2 Å². The highest BCUT2D eigenvalue weighted by atomic mass is 32.2. The molecule has 2 aromatic carbocycles. The van der Waals surface area contributed by atoms with Gasteiger partial charge in [0.05, 0.1) is 43.6 Å². The number of thioether (sulfide) groups is 1. The zero-order valence-corrected chi connectivity index (χ0v) is 18.4. The summed E-state index contributed by atoms with van der Waals surface area (Å²) in [5.74, 6) is -0.559. The molecule has 168 valence electrons. The smallest absolute Gasteiger partial charge is 0.234 e. The van der Waals surface area contributed by atoms with Crippen molar-refractivity contribution in [2.45, 2.75) is 18.7 Å². The van der Waals surface area contributed by atoms with E-state index >= 15 is 0 Å². The third-order valence-corrected chi connectivity index (χ3v) is 5.59. The van der Waals surface area contributed by atoms with Crippen molar-refractivity contribution in [1.29, 1.82) is 0 Å². The topological polar surface area (TPSA) is 60.0 Å². The van der Waals surface area contributed by atoms with E-state index in [4.69, 9.17) is 14.2 Å². The van der Waals surface area contributed by atoms with Gasteiger partial charge >= 0.3 is 0 Å². The zero-order valence-electron chi connectivity index (χ0n) is 17.6. The Morgan fingerprint density at radius 1 is 1.10 bits per heavy atom. The number of nitrogens with zero attached hydrogens (tertiary/aromatic N) is 1. The normalized spacial score (nSPS) is 13.7. The quantitative estimate of drug-likeness (QED) is 0.572. The molecule has 2 aromatic rings. The predicted molar refractivity (Wildman–Crippen MR) is 118 cm³/mol. The van der Waals surface area contributed by atoms with Gasteiger partial charge in [-0.25, -0.2) is 8.78 Å². The molecule has 0 spiro atoms. The summed E-state index contributed by atoms with van der Waals surface area (Å²) in [6, 6.07) is 6.89. The lowest BCUT2D eigenvalue weighted by Gasteiger charge is -2.31. The van der Waals surface area contributed by atoms with E-state index in [1.807, 2.05) is 19.9 Å². The van der Waals surface area contributed by atoms with Gasteiger partial charge in [0.15, 0.2) is 0 Å². The number of benzene rings is 2. The minimum absolute atomic E-state index is 0.0384. The molecule has 1 saturated heterocycles. The molecule has 9 heteroatoms. The van der Waals surface area contributed by atoms with Crippen molar-refractivity contribution in [1.82, 2.24) is 0 Å². The molecular weight excluding hydrogens is 426 g/mol. The Bertz CT molecular complexity index is 907. The van der Waals surface area contributed by atoms with Gasteiger partial charge in [-0.1, -0.05) is 0 Å². The number of hydrogen-bond acceptors (Lipinski definition) is 6. The molecule has 0 aliphatic carbocycles. The predicted octanol–water partition coefficient (Wildman–Crippen LogP) is 4.33. The van der Waals surface area contributed by atoms with E-state index in [1.54, 1.807) is 6.07 Å². The van der Waals surface area contributed by atoms with Gasteiger partial charge in [-0.15, -0.1) is 11.8 Å². The number of carbonyl (C=O) groups excluding carboxylic acids is 1. The lowest BCUT2D eigenvalue weighted by Crippen LogP contribution is -2.36. The monoisotopic (exact) mass is 452 g/mol. The van der Waals surface area contributed by atoms with E-state index in [-0.39, 0.29) is 16.6 Å². The molecule has 6 nitrogen and oxygen atoms in total. The SMILES string of the molecule is CCOc1cc(N2CCOCC2)c(OCC)cc1NC(=O)CSc1ccc(F)cc1F. The number of halogens is 2. The molecule has 0 unspecified atom stereocenters. The fourth-order valence-corrected chi connectivity index (χ4v) is 3.89. The molecule has 0 aromatic heterocycles. The number of hydrogen-bond donors (Lipinski definition) is 1. The molecule has 0 radical (unpaired) electrons. The summed E-state index contributed by atoms with van der Waals surface area (Å²) in [6.07, 6.45) is 0. The van der Waals surface area contributed by atoms with Gasteiger partial charge in [-0.05, 0) is 26.0 Å². The average molecular weight is 453 g/mol. The van der Waals surface area contributed by atoms with Gasteiger partial charge in [0, 0.05) is 36.2 Å². The maximum atomic E-state index is 13.8. The summed E-state index contributed by atoms with van der Waals surface area (Å²) in [5.41, 5.74) is 1.36. The third-order valence-electron chi connectivity index (χ3n) is 4.54. The maximum Gasteiger partial charge on any atom is 0.234 e. The molecule has 31 heavy (non-hydrogen) atoms. The second kappa shape index (κ2) is 11.2. The van der Waals surface area contributed by atoms with E-state index in [0.29, 0.717) is 43.6 Å². The molecule has 0 saturated carbocycles. The van der Waals surface area contributed by atoms with E-state index in [1.165, 1.54) is 6.07 Å². The van der Waals surface area contributed by atoms with Crippen molar-refractivity contribution in [3.05, 3.63) is 42.0 Å². The van der Waals surface area contributed by atoms with Crippen LogP contribution in [0.2, 0.25) is 0 Å². The Hall–Kier alpha value is -2.52. The molecule has 0 bridgehead atoms. The Morgan fingerprint density at radius 2 is 1.81 bits per heavy atom. The summed E-state index contributed by atoms with van der Waals surface area (Å²) < 4.78 is 43.9. The molecular formula is C22H26F2N2O4S. The number of carbonyl (C=O) groups is 1. The first-order chi connectivity index (χ1) is 15.0. The average Bonchev–Trinajstić information content (AvgIpc) is 2.75. The highest BCUT2D eigenvalue weighted by Crippen LogP contribution is 2.39. The van der Waals surface area contributed by atoms with Crippen LogP contribution in [0, 0.1) is 11.6 Å². The molecule has 1 aliphatic heterocycles. The number of ether oxygens (including phenoxy) is 3. The minimum Gasteiger partial charge on any atom is -0.492 e. The fraction of sp³-hybridized carbons (Fsp3) is 0.409. The van der Waals surface area contributed by atoms with Crippen LogP contribution in [-0.4, -0.2) is 51.2 Å². The van der Waals surface area contributed by atoms with Crippen LogP contribution < -0.4 is 19.7 Å². The van der Waals surface area contributed by atoms with Gasteiger partial charge in [0.2, 0.25) is 5.91 Å². The van der Waals surface area contributed by atoms with Crippen LogP contribution in [0.5, 0.6) is 11.5 Å². The number of nitrogens with one attached hydrogen (secondary N) is 1. The van der Waals surface area contributed by atoms with Crippen molar-refractivity contribution in [3.63, 3.8) is 0 Å². The molecule has 1 amide bonds. The van der Waals surface area contributed by atoms with E-state index in [9.17, 15) is 13.6 Å². The van der Waals surface area contributed by atoms with Crippen molar-refractivity contribution < 1.29 is 27.8 Å². The number of anilines is 2. The van der Waals surface area contributed by atoms with E-state index in [2.05, 4.69) is 10.2 Å². The summed E-state index contributed by atoms with van der Waals surface area (Å²) in [5, 5.41) is 2.82. The van der Waals surface area contributed by atoms with Gasteiger partial charge < -0.3 is 24.4 Å². The van der Waals surface area contributed by atoms with E-state index in [0.717, 1.165) is 42.7 Å². The molecule has 1 aliphatic rings. The van der Waals surface area contributed by atoms with Crippen LogP contribution in [0.3, 0.4) is 0 Å². The van der Waals surface area contributed by atoms with Gasteiger partial charge in [-0.2, -0.15) is 0 Å². The van der Waals surface area contributed by atoms with Gasteiger partial charge in [0.25, 0.3) is 0 Å². The van der Waals surface area contributed by atoms with Crippen LogP contribution in [0.1, 0.15) is 13.8 Å². The highest BCUT2D eigenvalue weighted by Gasteiger charge is 2.20. The molecule has 1 fully saturated rings. The molecule has 0 atom stereocenters. The van der Waals surface area contributed by atoms with Crippen molar-refractivity contribution in [2.24, 2.45) is 0 Å². The second-order valence-corrected chi connectivity index (χ2v) is 7.71. The van der Waals surface area contributed by atoms with Crippen molar-refractivity contribution in [3.8, 4) is 11.5 Å². The first kappa shape index (κ1) is 23.1. The van der Waals surface area contributed by atoms with Crippen LogP contribution in [0.15, 0.2) is 35.2 Å². The van der Waals surface area contributed by atoms with E-state index < -0.39 is 11.6 Å². The van der Waals surface area contributed by atoms with Crippen molar-refractivity contribution in [2.75, 3.05) is 55.5 Å². The lowest BCUT2D eigenvalue weighted by molar-refractivity contribution is -0.113. The van der Waals surface area contributed by atoms with Crippen molar-refractivity contribution >= 4 is 29.0 Å². The third kappa shape index (κ3) is 6.24. The molecule has 1 N–H and O–H groups in total. The second-order valence-electron chi connectivity index (χ2n) is 6.69. The standard InChI is InChI=1S/C22H26F2N2O4S/c1-3-29-19-13-18(26-7-9-28-10-8-26)20(30-4-2)12-17(19)25-22(27)14-31-21-6-5-15(23)11-16(21)24/h5-6,11-13H,3-4,7-10,14H2,1-2H3,(H,25,27). The molecule has 1 heterocycles. The Labute approximate surface area is 184 Å². The summed E-state index contributed by atoms with van der Waals surface area (Å²) in [4.78, 5) is 14.9. The van der Waals surface area contributed by atoms with Crippen LogP contribution >= 0.6 is 11.8 Å². The number of rotatable bonds is 9. The fourth-order valence-electron chi connectivity index (χ4n) is 3.17. The number of amides is 1. The highest BCUT2D eigenvalue weighted by molar-refractivity contribution is 8.00. The first-order valence-electron chi connectivity index (χ1n) is 10.2. The van der Waals surface area contributed by atoms with Crippen LogP contribution in [-0.2, 0) is 9.53 Å². The summed E-state index contributed by atoms with van der Waals surface area (Å²) in [7, 11) is 0. The molecule has 3 rings (SSSR count). The maximum absolute atomic E-state index is 13.8. The van der Waals surface area contributed by atoms with Gasteiger partial charge in [0.1, 0.15) is 23.1 Å². The Kier molecular flexibility index (Phi) is 8.36. The van der Waals surface area contributed by atoms with Gasteiger partial charge in [-0.3, -0.25) is 4.79 Å². The van der Waals surface area contributed by atoms with Crippen LogP contribution in [0.25, 0.3) is 0 Å². The largest absolute Gasteiger partial charge is 0.492 e. The summed E-state index contributed by atoms with van der Waals surface area (Å²) >= 11 is 0.995. The summed E-state index contributed by atoms with van der Waals surface area (Å²) in [6.45, 7) is 7.38. The zero-order chi connectivity index (χ0) is 22.2. The lowest BCUT2D eigenvalue weighted by atomic mass is 10.2. The number of morpholine rings is 1. The Morgan fingerprint density at radius 3 is 2.48 bits per heavy atom.